The number of ether oxygens (including phenoxy) is 1. The van der Waals surface area contributed by atoms with Crippen LogP contribution in [0.15, 0.2) is 30.3 Å². The summed E-state index contributed by atoms with van der Waals surface area (Å²) in [6.07, 6.45) is 0. The number of amides is 4. The highest BCUT2D eigenvalue weighted by atomic mass is 16.5. The highest BCUT2D eigenvalue weighted by Crippen LogP contribution is 2.27. The number of hydrogen-bond acceptors (Lipinski definition) is 5. The van der Waals surface area contributed by atoms with E-state index in [1.807, 2.05) is 11.0 Å². The number of morpholine rings is 1. The van der Waals surface area contributed by atoms with Crippen molar-refractivity contribution in [1.29, 1.82) is 0 Å². The standard InChI is InChI=1S/C16H20N4O4/c1-16(12-5-3-2-4-6-12)14(22)20(15(23)17-16)18-13(21)11-19-7-9-24-10-8-19/h2-6H,7-11H2,1H3,(H,17,23)(H,18,21)/t16-/m1/s1. The molecule has 2 saturated heterocycles. The summed E-state index contributed by atoms with van der Waals surface area (Å²) in [7, 11) is 0. The Morgan fingerprint density at radius 3 is 2.58 bits per heavy atom. The van der Waals surface area contributed by atoms with E-state index in [4.69, 9.17) is 4.74 Å². The van der Waals surface area contributed by atoms with Gasteiger partial charge in [-0.15, -0.1) is 0 Å². The number of carbonyl (C=O) groups is 3. The molecular weight excluding hydrogens is 312 g/mol. The summed E-state index contributed by atoms with van der Waals surface area (Å²) in [4.78, 5) is 38.9. The summed E-state index contributed by atoms with van der Waals surface area (Å²) in [5, 5.41) is 3.40. The summed E-state index contributed by atoms with van der Waals surface area (Å²) in [5.74, 6) is -0.910. The molecule has 2 fully saturated rings. The molecule has 0 aliphatic carbocycles. The molecule has 1 atom stereocenters. The highest BCUT2D eigenvalue weighted by molar-refractivity contribution is 6.08. The first-order valence-corrected chi connectivity index (χ1v) is 7.82. The number of hydrogen-bond donors (Lipinski definition) is 2. The van der Waals surface area contributed by atoms with Gasteiger partial charge in [0.25, 0.3) is 11.8 Å². The van der Waals surface area contributed by atoms with Crippen LogP contribution < -0.4 is 10.7 Å². The summed E-state index contributed by atoms with van der Waals surface area (Å²) < 4.78 is 5.22. The van der Waals surface area contributed by atoms with E-state index >= 15 is 0 Å². The van der Waals surface area contributed by atoms with Gasteiger partial charge in [0, 0.05) is 13.1 Å². The van der Waals surface area contributed by atoms with Gasteiger partial charge in [-0.25, -0.2) is 4.79 Å². The topological polar surface area (TPSA) is 91.0 Å². The zero-order valence-electron chi connectivity index (χ0n) is 13.4. The maximum absolute atomic E-state index is 12.7. The average molecular weight is 332 g/mol. The van der Waals surface area contributed by atoms with Crippen LogP contribution in [-0.2, 0) is 19.9 Å². The van der Waals surface area contributed by atoms with Crippen LogP contribution in [-0.4, -0.2) is 60.6 Å². The molecule has 4 amide bonds. The summed E-state index contributed by atoms with van der Waals surface area (Å²) in [6.45, 7) is 4.18. The Labute approximate surface area is 139 Å². The molecule has 128 valence electrons. The Balaban J connectivity index is 1.67. The number of urea groups is 1. The third-order valence-corrected chi connectivity index (χ3v) is 4.25. The number of nitrogens with one attached hydrogen (secondary N) is 2. The van der Waals surface area contributed by atoms with Gasteiger partial charge in [0.2, 0.25) is 0 Å². The van der Waals surface area contributed by atoms with Crippen molar-refractivity contribution in [3.05, 3.63) is 35.9 Å². The Hall–Kier alpha value is -2.45. The molecule has 2 heterocycles. The molecule has 8 nitrogen and oxygen atoms in total. The van der Waals surface area contributed by atoms with E-state index in [0.29, 0.717) is 31.9 Å². The summed E-state index contributed by atoms with van der Waals surface area (Å²) in [6, 6.07) is 8.30. The first-order chi connectivity index (χ1) is 11.5. The van der Waals surface area contributed by atoms with Gasteiger partial charge in [-0.2, -0.15) is 5.01 Å². The molecule has 0 radical (unpaired) electrons. The number of hydrazine groups is 1. The van der Waals surface area contributed by atoms with Gasteiger partial charge in [0.1, 0.15) is 5.54 Å². The van der Waals surface area contributed by atoms with E-state index in [9.17, 15) is 14.4 Å². The fourth-order valence-corrected chi connectivity index (χ4v) is 2.83. The second-order valence-corrected chi connectivity index (χ2v) is 5.99. The van der Waals surface area contributed by atoms with Crippen LogP contribution in [0, 0.1) is 0 Å². The minimum Gasteiger partial charge on any atom is -0.379 e. The van der Waals surface area contributed by atoms with E-state index in [-0.39, 0.29) is 6.54 Å². The number of benzene rings is 1. The zero-order chi connectivity index (χ0) is 17.2. The first-order valence-electron chi connectivity index (χ1n) is 7.82. The lowest BCUT2D eigenvalue weighted by molar-refractivity contribution is -0.139. The fourth-order valence-electron chi connectivity index (χ4n) is 2.83. The van der Waals surface area contributed by atoms with Crippen LogP contribution in [0.1, 0.15) is 12.5 Å². The fraction of sp³-hybridized carbons (Fsp3) is 0.438. The van der Waals surface area contributed by atoms with Gasteiger partial charge >= 0.3 is 6.03 Å². The smallest absolute Gasteiger partial charge is 0.344 e. The second-order valence-electron chi connectivity index (χ2n) is 5.99. The molecule has 0 bridgehead atoms. The van der Waals surface area contributed by atoms with Gasteiger partial charge < -0.3 is 10.1 Å². The molecule has 2 aliphatic rings. The summed E-state index contributed by atoms with van der Waals surface area (Å²) >= 11 is 0. The monoisotopic (exact) mass is 332 g/mol. The van der Waals surface area contributed by atoms with Crippen LogP contribution >= 0.6 is 0 Å². The first kappa shape index (κ1) is 16.4. The molecule has 2 N–H and O–H groups in total. The quantitative estimate of drug-likeness (QED) is 0.746. The third-order valence-electron chi connectivity index (χ3n) is 4.25. The predicted molar refractivity (Wildman–Crippen MR) is 84.6 cm³/mol. The SMILES string of the molecule is C[C@]1(c2ccccc2)NC(=O)N(NC(=O)CN2CCOCC2)C1=O. The molecular formula is C16H20N4O4. The van der Waals surface area contributed by atoms with Crippen molar-refractivity contribution in [3.63, 3.8) is 0 Å². The van der Waals surface area contributed by atoms with Gasteiger partial charge in [-0.3, -0.25) is 19.9 Å². The van der Waals surface area contributed by atoms with Crippen LogP contribution in [0.2, 0.25) is 0 Å². The molecule has 0 spiro atoms. The lowest BCUT2D eigenvalue weighted by atomic mass is 9.92. The largest absolute Gasteiger partial charge is 0.379 e. The Bertz CT molecular complexity index is 645. The van der Waals surface area contributed by atoms with Crippen LogP contribution in [0.5, 0.6) is 0 Å². The van der Waals surface area contributed by atoms with Crippen LogP contribution in [0.25, 0.3) is 0 Å². The van der Waals surface area contributed by atoms with Crippen LogP contribution in [0.3, 0.4) is 0 Å². The molecule has 8 heteroatoms. The molecule has 3 rings (SSSR count). The van der Waals surface area contributed by atoms with E-state index in [0.717, 1.165) is 5.01 Å². The van der Waals surface area contributed by atoms with Gasteiger partial charge in [-0.1, -0.05) is 30.3 Å². The molecule has 2 aliphatic heterocycles. The zero-order valence-corrected chi connectivity index (χ0v) is 13.4. The van der Waals surface area contributed by atoms with Crippen molar-refractivity contribution in [1.82, 2.24) is 20.7 Å². The number of rotatable bonds is 4. The van der Waals surface area contributed by atoms with E-state index < -0.39 is 23.4 Å². The second kappa shape index (κ2) is 6.58. The van der Waals surface area contributed by atoms with Gasteiger partial charge in [0.05, 0.1) is 19.8 Å². The maximum atomic E-state index is 12.7. The lowest BCUT2D eigenvalue weighted by Gasteiger charge is -2.26. The van der Waals surface area contributed by atoms with Crippen molar-refractivity contribution in [2.75, 3.05) is 32.8 Å². The van der Waals surface area contributed by atoms with E-state index in [1.54, 1.807) is 31.2 Å². The third kappa shape index (κ3) is 3.10. The minimum atomic E-state index is -1.19. The van der Waals surface area contributed by atoms with Gasteiger partial charge in [0.15, 0.2) is 0 Å². The molecule has 24 heavy (non-hydrogen) atoms. The van der Waals surface area contributed by atoms with Crippen molar-refractivity contribution < 1.29 is 19.1 Å². The Kier molecular flexibility index (Phi) is 4.50. The number of nitrogens with zero attached hydrogens (tertiary/aromatic N) is 2. The predicted octanol–water partition coefficient (Wildman–Crippen LogP) is -0.183. The minimum absolute atomic E-state index is 0.114. The Morgan fingerprint density at radius 2 is 1.92 bits per heavy atom. The lowest BCUT2D eigenvalue weighted by Crippen LogP contribution is -2.51. The van der Waals surface area contributed by atoms with Crippen molar-refractivity contribution in [3.8, 4) is 0 Å². The van der Waals surface area contributed by atoms with Crippen molar-refractivity contribution in [2.45, 2.75) is 12.5 Å². The van der Waals surface area contributed by atoms with Gasteiger partial charge in [-0.05, 0) is 12.5 Å². The molecule has 0 saturated carbocycles. The van der Waals surface area contributed by atoms with Crippen molar-refractivity contribution in [2.24, 2.45) is 0 Å². The average Bonchev–Trinajstić information content (AvgIpc) is 2.81. The number of carbonyl (C=O) groups excluding carboxylic acids is 3. The van der Waals surface area contributed by atoms with E-state index in [1.165, 1.54) is 0 Å². The highest BCUT2D eigenvalue weighted by Gasteiger charge is 2.49. The molecule has 0 unspecified atom stereocenters. The molecule has 1 aromatic rings. The van der Waals surface area contributed by atoms with Crippen LogP contribution in [0.4, 0.5) is 4.79 Å². The number of imide groups is 1. The van der Waals surface area contributed by atoms with Crippen molar-refractivity contribution >= 4 is 17.8 Å². The molecule has 1 aromatic carbocycles. The summed E-state index contributed by atoms with van der Waals surface area (Å²) in [5.41, 5.74) is 1.87. The maximum Gasteiger partial charge on any atom is 0.344 e. The Morgan fingerprint density at radius 1 is 1.25 bits per heavy atom. The van der Waals surface area contributed by atoms with E-state index in [2.05, 4.69) is 10.7 Å². The normalized spacial score (nSPS) is 24.8. The molecule has 0 aromatic heterocycles.